The zero-order valence-electron chi connectivity index (χ0n) is 15.9. The summed E-state index contributed by atoms with van der Waals surface area (Å²) in [5.74, 6) is 2.59. The largest absolute Gasteiger partial charge is 0.335 e. The van der Waals surface area contributed by atoms with Crippen molar-refractivity contribution in [1.82, 2.24) is 15.2 Å². The zero-order chi connectivity index (χ0) is 18.6. The number of nitrogens with one attached hydrogen (secondary N) is 2. The second-order valence-corrected chi connectivity index (χ2v) is 8.81. The number of aryl methyl sites for hydroxylation is 1. The first-order chi connectivity index (χ1) is 13.2. The van der Waals surface area contributed by atoms with Crippen molar-refractivity contribution in [3.8, 4) is 0 Å². The van der Waals surface area contributed by atoms with Crippen molar-refractivity contribution in [3.05, 3.63) is 36.0 Å². The number of amides is 2. The lowest BCUT2D eigenvalue weighted by Crippen LogP contribution is -2.49. The Morgan fingerprint density at radius 3 is 2.70 bits per heavy atom. The summed E-state index contributed by atoms with van der Waals surface area (Å²) >= 11 is 2.08. The Kier molecular flexibility index (Phi) is 5.83. The van der Waals surface area contributed by atoms with Crippen molar-refractivity contribution in [3.63, 3.8) is 0 Å². The SMILES string of the molecule is Cc1ccc(NC(=O)NC2CCN(C3CCSCC3)CC2)c2cccnc12. The molecule has 1 aromatic carbocycles. The number of fused-ring (bicyclic) bond motifs is 1. The number of carbonyl (C=O) groups is 1. The highest BCUT2D eigenvalue weighted by Crippen LogP contribution is 2.26. The summed E-state index contributed by atoms with van der Waals surface area (Å²) in [7, 11) is 0. The summed E-state index contributed by atoms with van der Waals surface area (Å²) in [5, 5.41) is 7.18. The van der Waals surface area contributed by atoms with Crippen LogP contribution < -0.4 is 10.6 Å². The van der Waals surface area contributed by atoms with Gasteiger partial charge in [0.25, 0.3) is 0 Å². The van der Waals surface area contributed by atoms with Gasteiger partial charge < -0.3 is 15.5 Å². The molecule has 0 saturated carbocycles. The van der Waals surface area contributed by atoms with E-state index in [1.54, 1.807) is 6.20 Å². The minimum absolute atomic E-state index is 0.114. The van der Waals surface area contributed by atoms with Crippen molar-refractivity contribution >= 4 is 34.4 Å². The van der Waals surface area contributed by atoms with Gasteiger partial charge in [-0.2, -0.15) is 11.8 Å². The molecule has 4 rings (SSSR count). The van der Waals surface area contributed by atoms with Crippen molar-refractivity contribution in [1.29, 1.82) is 0 Å². The molecule has 2 N–H and O–H groups in total. The Morgan fingerprint density at radius 1 is 1.15 bits per heavy atom. The molecule has 3 heterocycles. The van der Waals surface area contributed by atoms with E-state index in [1.807, 2.05) is 31.2 Å². The summed E-state index contributed by atoms with van der Waals surface area (Å²) in [6.07, 6.45) is 6.49. The van der Waals surface area contributed by atoms with Crippen molar-refractivity contribution in [2.75, 3.05) is 29.9 Å². The maximum atomic E-state index is 12.5. The molecule has 2 aromatic rings. The number of carbonyl (C=O) groups excluding carboxylic acids is 1. The van der Waals surface area contributed by atoms with Gasteiger partial charge in [0.15, 0.2) is 0 Å². The van der Waals surface area contributed by atoms with Gasteiger partial charge in [0.05, 0.1) is 11.2 Å². The van der Waals surface area contributed by atoms with E-state index in [1.165, 1.54) is 24.3 Å². The Hall–Kier alpha value is -1.79. The van der Waals surface area contributed by atoms with Gasteiger partial charge in [-0.25, -0.2) is 4.79 Å². The summed E-state index contributed by atoms with van der Waals surface area (Å²) in [5.41, 5.74) is 2.87. The van der Waals surface area contributed by atoms with E-state index in [9.17, 15) is 4.79 Å². The molecule has 2 aliphatic heterocycles. The average Bonchev–Trinajstić information content (AvgIpc) is 2.71. The average molecular weight is 385 g/mol. The molecule has 144 valence electrons. The molecule has 27 heavy (non-hydrogen) atoms. The van der Waals surface area contributed by atoms with Crippen molar-refractivity contribution in [2.24, 2.45) is 0 Å². The van der Waals surface area contributed by atoms with E-state index in [4.69, 9.17) is 0 Å². The summed E-state index contributed by atoms with van der Waals surface area (Å²) < 4.78 is 0. The third-order valence-corrected chi connectivity index (χ3v) is 6.84. The standard InChI is InChI=1S/C21H28N4OS/c1-15-4-5-19(18-3-2-10-22-20(15)18)24-21(26)23-16-6-11-25(12-7-16)17-8-13-27-14-9-17/h2-5,10,16-17H,6-9,11-14H2,1H3,(H2,23,24,26). The first-order valence-corrected chi connectivity index (χ1v) is 11.1. The fourth-order valence-electron chi connectivity index (χ4n) is 4.23. The number of pyridine rings is 1. The topological polar surface area (TPSA) is 57.3 Å². The number of rotatable bonds is 3. The first kappa shape index (κ1) is 18.6. The molecule has 2 saturated heterocycles. The van der Waals surface area contributed by atoms with Gasteiger partial charge in [-0.3, -0.25) is 4.98 Å². The molecule has 1 aromatic heterocycles. The fourth-order valence-corrected chi connectivity index (χ4v) is 5.31. The third kappa shape index (κ3) is 4.38. The maximum Gasteiger partial charge on any atom is 0.319 e. The number of hydrogen-bond acceptors (Lipinski definition) is 4. The van der Waals surface area contributed by atoms with Gasteiger partial charge in [0.2, 0.25) is 0 Å². The number of anilines is 1. The number of aromatic nitrogens is 1. The number of likely N-dealkylation sites (tertiary alicyclic amines) is 1. The number of thioether (sulfide) groups is 1. The number of benzene rings is 1. The highest BCUT2D eigenvalue weighted by atomic mass is 32.2. The van der Waals surface area contributed by atoms with Crippen LogP contribution in [0.2, 0.25) is 0 Å². The van der Waals surface area contributed by atoms with Crippen LogP contribution in [0.25, 0.3) is 10.9 Å². The highest BCUT2D eigenvalue weighted by Gasteiger charge is 2.27. The van der Waals surface area contributed by atoms with E-state index in [2.05, 4.69) is 32.3 Å². The molecule has 0 atom stereocenters. The summed E-state index contributed by atoms with van der Waals surface area (Å²) in [6, 6.07) is 8.78. The van der Waals surface area contributed by atoms with Crippen LogP contribution in [0.4, 0.5) is 10.5 Å². The molecule has 2 amide bonds. The van der Waals surface area contributed by atoms with Crippen LogP contribution >= 0.6 is 11.8 Å². The Balaban J connectivity index is 1.32. The van der Waals surface area contributed by atoms with E-state index >= 15 is 0 Å². The number of nitrogens with zero attached hydrogens (tertiary/aromatic N) is 2. The van der Waals surface area contributed by atoms with Crippen LogP contribution in [0.5, 0.6) is 0 Å². The second kappa shape index (κ2) is 8.48. The van der Waals surface area contributed by atoms with E-state index in [0.717, 1.165) is 54.1 Å². The molecule has 0 aliphatic carbocycles. The predicted octanol–water partition coefficient (Wildman–Crippen LogP) is 4.02. The summed E-state index contributed by atoms with van der Waals surface area (Å²) in [6.45, 7) is 4.23. The maximum absolute atomic E-state index is 12.5. The molecule has 0 radical (unpaired) electrons. The fraction of sp³-hybridized carbons (Fsp3) is 0.524. The van der Waals surface area contributed by atoms with Crippen LogP contribution in [0, 0.1) is 6.92 Å². The smallest absolute Gasteiger partial charge is 0.319 e. The minimum Gasteiger partial charge on any atom is -0.335 e. The second-order valence-electron chi connectivity index (χ2n) is 7.58. The molecule has 0 unspecified atom stereocenters. The molecule has 2 fully saturated rings. The van der Waals surface area contributed by atoms with Gasteiger partial charge in [0.1, 0.15) is 0 Å². The van der Waals surface area contributed by atoms with Crippen LogP contribution in [-0.2, 0) is 0 Å². The first-order valence-electron chi connectivity index (χ1n) is 9.94. The lowest BCUT2D eigenvalue weighted by molar-refractivity contribution is 0.138. The van der Waals surface area contributed by atoms with Crippen molar-refractivity contribution < 1.29 is 4.79 Å². The Labute approximate surface area is 165 Å². The minimum atomic E-state index is -0.114. The summed E-state index contributed by atoms with van der Waals surface area (Å²) in [4.78, 5) is 19.6. The van der Waals surface area contributed by atoms with Gasteiger partial charge in [-0.15, -0.1) is 0 Å². The van der Waals surface area contributed by atoms with Crippen molar-refractivity contribution in [2.45, 2.75) is 44.7 Å². The molecular weight excluding hydrogens is 356 g/mol. The monoisotopic (exact) mass is 384 g/mol. The van der Waals surface area contributed by atoms with Gasteiger partial charge in [-0.1, -0.05) is 6.07 Å². The van der Waals surface area contributed by atoms with Crippen LogP contribution in [-0.4, -0.2) is 52.6 Å². The number of hydrogen-bond donors (Lipinski definition) is 2. The van der Waals surface area contributed by atoms with Crippen LogP contribution in [0.3, 0.4) is 0 Å². The van der Waals surface area contributed by atoms with Gasteiger partial charge in [0, 0.05) is 36.8 Å². The molecule has 0 bridgehead atoms. The van der Waals surface area contributed by atoms with Gasteiger partial charge >= 0.3 is 6.03 Å². The quantitative estimate of drug-likeness (QED) is 0.839. The molecule has 2 aliphatic rings. The number of piperidine rings is 1. The van der Waals surface area contributed by atoms with Crippen LogP contribution in [0.1, 0.15) is 31.2 Å². The van der Waals surface area contributed by atoms with E-state index < -0.39 is 0 Å². The lowest BCUT2D eigenvalue weighted by Gasteiger charge is -2.39. The third-order valence-electron chi connectivity index (χ3n) is 5.79. The molecule has 5 nitrogen and oxygen atoms in total. The van der Waals surface area contributed by atoms with E-state index in [0.29, 0.717) is 0 Å². The highest BCUT2D eigenvalue weighted by molar-refractivity contribution is 7.99. The molecular formula is C21H28N4OS. The lowest BCUT2D eigenvalue weighted by atomic mass is 10.0. The normalized spacial score (nSPS) is 19.9. The van der Waals surface area contributed by atoms with Gasteiger partial charge in [-0.05, 0) is 67.9 Å². The number of urea groups is 1. The van der Waals surface area contributed by atoms with Crippen LogP contribution in [0.15, 0.2) is 30.5 Å². The van der Waals surface area contributed by atoms with E-state index in [-0.39, 0.29) is 12.1 Å². The predicted molar refractivity (Wildman–Crippen MR) is 114 cm³/mol. The Bertz CT molecular complexity index is 798. The molecule has 6 heteroatoms. The molecule has 0 spiro atoms. The Morgan fingerprint density at radius 2 is 1.93 bits per heavy atom. The zero-order valence-corrected chi connectivity index (χ0v) is 16.7.